The van der Waals surface area contributed by atoms with Crippen LogP contribution in [-0.2, 0) is 9.84 Å². The van der Waals surface area contributed by atoms with E-state index in [4.69, 9.17) is 9.15 Å². The molecule has 0 aliphatic carbocycles. The lowest BCUT2D eigenvalue weighted by Crippen LogP contribution is -2.17. The number of amides is 1. The van der Waals surface area contributed by atoms with Gasteiger partial charge < -0.3 is 14.5 Å². The van der Waals surface area contributed by atoms with Gasteiger partial charge in [0.25, 0.3) is 5.91 Å². The first-order chi connectivity index (χ1) is 15.4. The van der Waals surface area contributed by atoms with Crippen molar-refractivity contribution in [1.29, 1.82) is 0 Å². The number of aromatic nitrogens is 2. The second-order valence-corrected chi connectivity index (χ2v) is 9.36. The van der Waals surface area contributed by atoms with Gasteiger partial charge in [0.2, 0.25) is 0 Å². The summed E-state index contributed by atoms with van der Waals surface area (Å²) in [6.45, 7) is 0.0313. The van der Waals surface area contributed by atoms with Crippen molar-refractivity contribution in [3.63, 3.8) is 0 Å². The minimum atomic E-state index is -3.12. The maximum Gasteiger partial charge on any atom is 0.274 e. The minimum absolute atomic E-state index is 0.0313. The monoisotopic (exact) mass is 451 g/mol. The summed E-state index contributed by atoms with van der Waals surface area (Å²) < 4.78 is 35.0. The molecule has 0 unspecified atom stereocenters. The van der Waals surface area contributed by atoms with Gasteiger partial charge in [-0.15, -0.1) is 0 Å². The molecule has 4 aromatic rings. The van der Waals surface area contributed by atoms with Crippen LogP contribution in [-0.4, -0.2) is 42.7 Å². The van der Waals surface area contributed by atoms with E-state index < -0.39 is 9.84 Å². The molecule has 2 aromatic carbocycles. The highest BCUT2D eigenvalue weighted by Gasteiger charge is 2.19. The number of para-hydroxylation sites is 1. The second-order valence-electron chi connectivity index (χ2n) is 7.10. The first-order valence-electron chi connectivity index (χ1n) is 9.80. The van der Waals surface area contributed by atoms with Crippen LogP contribution in [0.5, 0.6) is 5.75 Å². The van der Waals surface area contributed by atoms with E-state index in [0.717, 1.165) is 11.9 Å². The predicted octanol–water partition coefficient (Wildman–Crippen LogP) is 3.81. The highest BCUT2D eigenvalue weighted by atomic mass is 32.2. The van der Waals surface area contributed by atoms with E-state index in [1.165, 1.54) is 0 Å². The van der Waals surface area contributed by atoms with Gasteiger partial charge in [0.05, 0.1) is 17.7 Å². The summed E-state index contributed by atoms with van der Waals surface area (Å²) in [4.78, 5) is 13.1. The van der Waals surface area contributed by atoms with E-state index in [9.17, 15) is 13.2 Å². The molecule has 2 heterocycles. The van der Waals surface area contributed by atoms with Gasteiger partial charge in [0.1, 0.15) is 23.7 Å². The van der Waals surface area contributed by atoms with Gasteiger partial charge in [-0.3, -0.25) is 4.79 Å². The number of rotatable bonds is 8. The van der Waals surface area contributed by atoms with Gasteiger partial charge >= 0.3 is 0 Å². The molecule has 0 aliphatic heterocycles. The number of benzene rings is 2. The number of carbonyl (C=O) groups is 1. The summed E-state index contributed by atoms with van der Waals surface area (Å²) in [5.41, 5.74) is 2.09. The van der Waals surface area contributed by atoms with Crippen LogP contribution in [0.1, 0.15) is 10.5 Å². The Kier molecular flexibility index (Phi) is 6.09. The molecular weight excluding hydrogens is 430 g/mol. The summed E-state index contributed by atoms with van der Waals surface area (Å²) in [6, 6.07) is 21.3. The van der Waals surface area contributed by atoms with E-state index in [2.05, 4.69) is 10.4 Å². The number of hydrogen-bond donors (Lipinski definition) is 1. The highest BCUT2D eigenvalue weighted by Crippen LogP contribution is 2.24. The minimum Gasteiger partial charge on any atom is -0.492 e. The molecule has 0 bridgehead atoms. The van der Waals surface area contributed by atoms with Gasteiger partial charge in [-0.05, 0) is 36.4 Å². The Morgan fingerprint density at radius 2 is 1.88 bits per heavy atom. The number of ether oxygens (including phenoxy) is 1. The Bertz CT molecular complexity index is 1310. The van der Waals surface area contributed by atoms with Crippen molar-refractivity contribution >= 4 is 21.4 Å². The fourth-order valence-electron chi connectivity index (χ4n) is 3.02. The van der Waals surface area contributed by atoms with Crippen LogP contribution in [0, 0.1) is 0 Å². The molecule has 0 saturated heterocycles. The maximum absolute atomic E-state index is 13.1. The van der Waals surface area contributed by atoms with Gasteiger partial charge in [-0.1, -0.05) is 24.3 Å². The smallest absolute Gasteiger partial charge is 0.274 e. The third kappa shape index (κ3) is 5.25. The first-order valence-corrected chi connectivity index (χ1v) is 11.9. The SMILES string of the molecule is CS(=O)(=O)CCOc1cccc(NC(=O)c2cc(-c3ccco3)nn2-c2ccccc2)c1. The van der Waals surface area contributed by atoms with Crippen molar-refractivity contribution < 1.29 is 22.4 Å². The molecule has 0 atom stereocenters. The Morgan fingerprint density at radius 3 is 2.59 bits per heavy atom. The van der Waals surface area contributed by atoms with Crippen molar-refractivity contribution in [1.82, 2.24) is 9.78 Å². The van der Waals surface area contributed by atoms with E-state index in [0.29, 0.717) is 28.6 Å². The van der Waals surface area contributed by atoms with E-state index in [1.54, 1.807) is 53.4 Å². The number of carbonyl (C=O) groups excluding carboxylic acids is 1. The number of sulfone groups is 1. The van der Waals surface area contributed by atoms with Gasteiger partial charge in [0, 0.05) is 24.1 Å². The Morgan fingerprint density at radius 1 is 1.06 bits per heavy atom. The lowest BCUT2D eigenvalue weighted by Gasteiger charge is -2.10. The van der Waals surface area contributed by atoms with E-state index >= 15 is 0 Å². The third-order valence-electron chi connectivity index (χ3n) is 4.53. The zero-order valence-corrected chi connectivity index (χ0v) is 18.1. The van der Waals surface area contributed by atoms with Crippen molar-refractivity contribution in [2.24, 2.45) is 0 Å². The normalized spacial score (nSPS) is 11.3. The molecule has 32 heavy (non-hydrogen) atoms. The molecule has 9 heteroatoms. The zero-order valence-electron chi connectivity index (χ0n) is 17.3. The fraction of sp³-hybridized carbons (Fsp3) is 0.130. The van der Waals surface area contributed by atoms with Crippen molar-refractivity contribution in [3.8, 4) is 22.9 Å². The molecule has 1 amide bonds. The third-order valence-corrected chi connectivity index (χ3v) is 5.44. The Hall–Kier alpha value is -3.85. The van der Waals surface area contributed by atoms with E-state index in [1.807, 2.05) is 30.3 Å². The van der Waals surface area contributed by atoms with Crippen molar-refractivity contribution in [2.75, 3.05) is 23.9 Å². The molecule has 164 valence electrons. The lowest BCUT2D eigenvalue weighted by atomic mass is 10.2. The van der Waals surface area contributed by atoms with Gasteiger partial charge in [-0.25, -0.2) is 13.1 Å². The van der Waals surface area contributed by atoms with Crippen LogP contribution >= 0.6 is 0 Å². The standard InChI is InChI=1S/C23H21N3O5S/c1-32(28,29)14-13-30-19-10-5-7-17(15-19)24-23(27)21-16-20(22-11-6-12-31-22)25-26(21)18-8-3-2-4-9-18/h2-12,15-16H,13-14H2,1H3,(H,24,27). The Balaban J connectivity index is 1.57. The predicted molar refractivity (Wildman–Crippen MR) is 121 cm³/mol. The first kappa shape index (κ1) is 21.4. The van der Waals surface area contributed by atoms with Crippen LogP contribution in [0.3, 0.4) is 0 Å². The lowest BCUT2D eigenvalue weighted by molar-refractivity contribution is 0.101. The fourth-order valence-corrected chi connectivity index (χ4v) is 3.41. The molecule has 4 rings (SSSR count). The van der Waals surface area contributed by atoms with E-state index in [-0.39, 0.29) is 18.3 Å². The average molecular weight is 452 g/mol. The molecule has 1 N–H and O–H groups in total. The van der Waals surface area contributed by atoms with Crippen molar-refractivity contribution in [3.05, 3.63) is 84.8 Å². The van der Waals surface area contributed by atoms with Crippen molar-refractivity contribution in [2.45, 2.75) is 0 Å². The van der Waals surface area contributed by atoms with Gasteiger partial charge in [-0.2, -0.15) is 5.10 Å². The number of furan rings is 1. The molecule has 0 fully saturated rings. The summed E-state index contributed by atoms with van der Waals surface area (Å²) in [5, 5.41) is 7.39. The molecular formula is C23H21N3O5S. The number of nitrogens with one attached hydrogen (secondary N) is 1. The quantitative estimate of drug-likeness (QED) is 0.437. The molecule has 0 saturated carbocycles. The topological polar surface area (TPSA) is 103 Å². The highest BCUT2D eigenvalue weighted by molar-refractivity contribution is 7.90. The number of nitrogens with zero attached hydrogens (tertiary/aromatic N) is 2. The molecule has 8 nitrogen and oxygen atoms in total. The van der Waals surface area contributed by atoms with Crippen LogP contribution < -0.4 is 10.1 Å². The van der Waals surface area contributed by atoms with Crippen LogP contribution in [0.4, 0.5) is 5.69 Å². The maximum atomic E-state index is 13.1. The van der Waals surface area contributed by atoms with Crippen LogP contribution in [0.2, 0.25) is 0 Å². The van der Waals surface area contributed by atoms with Crippen LogP contribution in [0.25, 0.3) is 17.1 Å². The molecule has 0 aliphatic rings. The largest absolute Gasteiger partial charge is 0.492 e. The molecule has 2 aromatic heterocycles. The second kappa shape index (κ2) is 9.11. The summed E-state index contributed by atoms with van der Waals surface area (Å²) in [7, 11) is -3.12. The average Bonchev–Trinajstić information content (AvgIpc) is 3.44. The Labute approximate surface area is 185 Å². The van der Waals surface area contributed by atoms with Gasteiger partial charge in [0.15, 0.2) is 15.6 Å². The zero-order chi connectivity index (χ0) is 22.6. The summed E-state index contributed by atoms with van der Waals surface area (Å²) in [5.74, 6) is 0.553. The number of anilines is 1. The molecule has 0 radical (unpaired) electrons. The summed E-state index contributed by atoms with van der Waals surface area (Å²) in [6.07, 6.45) is 2.70. The summed E-state index contributed by atoms with van der Waals surface area (Å²) >= 11 is 0. The number of hydrogen-bond acceptors (Lipinski definition) is 6. The van der Waals surface area contributed by atoms with Crippen LogP contribution in [0.15, 0.2) is 83.5 Å². The molecule has 0 spiro atoms.